The quantitative estimate of drug-likeness (QED) is 0.249. The van der Waals surface area contributed by atoms with Gasteiger partial charge in [-0.05, 0) is 23.3 Å². The van der Waals surface area contributed by atoms with Crippen molar-refractivity contribution in [3.63, 3.8) is 0 Å². The van der Waals surface area contributed by atoms with E-state index in [2.05, 4.69) is 26.1 Å². The molecule has 4 aromatic rings. The molecule has 3 aromatic carbocycles. The second-order valence-electron chi connectivity index (χ2n) is 7.29. The van der Waals surface area contributed by atoms with Crippen molar-refractivity contribution in [2.24, 2.45) is 0 Å². The highest BCUT2D eigenvalue weighted by atomic mass is 19.1. The average Bonchev–Trinajstić information content (AvgIpc) is 2.86. The van der Waals surface area contributed by atoms with Gasteiger partial charge in [-0.15, -0.1) is 0 Å². The van der Waals surface area contributed by atoms with Gasteiger partial charge in [-0.3, -0.25) is 25.8 Å². The Morgan fingerprint density at radius 1 is 0.886 bits per heavy atom. The molecule has 1 amide bonds. The summed E-state index contributed by atoms with van der Waals surface area (Å²) < 4.78 is 27.2. The number of halogens is 2. The maximum Gasteiger partial charge on any atom is 0.355 e. The van der Waals surface area contributed by atoms with E-state index in [1.54, 1.807) is 48.5 Å². The highest BCUT2D eigenvalue weighted by Gasteiger charge is 2.27. The number of anilines is 3. The number of hydrazine groups is 1. The van der Waals surface area contributed by atoms with Gasteiger partial charge in [0.25, 0.3) is 0 Å². The Hall–Kier alpha value is -4.93. The number of nitrogens with zero attached hydrogens (tertiary/aromatic N) is 3. The Morgan fingerprint density at radius 3 is 2.06 bits per heavy atom. The fourth-order valence-corrected chi connectivity index (χ4v) is 3.43. The Balaban J connectivity index is 1.60. The molecule has 0 aliphatic rings. The summed E-state index contributed by atoms with van der Waals surface area (Å²) in [7, 11) is 0. The number of aromatic nitrogens is 2. The van der Waals surface area contributed by atoms with Crippen molar-refractivity contribution in [3.8, 4) is 0 Å². The van der Waals surface area contributed by atoms with E-state index in [1.807, 2.05) is 12.1 Å². The van der Waals surface area contributed by atoms with E-state index in [4.69, 9.17) is 0 Å². The summed E-state index contributed by atoms with van der Waals surface area (Å²) in [5.74, 6) is -3.65. The van der Waals surface area contributed by atoms with Gasteiger partial charge in [-0.1, -0.05) is 60.7 Å². The van der Waals surface area contributed by atoms with Crippen molar-refractivity contribution < 1.29 is 18.5 Å². The maximum atomic E-state index is 14.0. The van der Waals surface area contributed by atoms with Gasteiger partial charge in [0, 0.05) is 6.07 Å². The lowest BCUT2D eigenvalue weighted by molar-refractivity contribution is -0.383. The minimum Gasteiger partial charge on any atom is -0.332 e. The standard InChI is InChI=1S/C24H18F2N6O3/c25-17-11-12-19(18(26)13-17)29-22-21(32(34)35)23(28-14-27-22)30-31-24(33)20(15-7-3-1-4-8-15)16-9-5-2-6-10-16/h1-14,20H,(H,31,33)(H2,27,28,29,30). The van der Waals surface area contributed by atoms with Crippen LogP contribution in [0.1, 0.15) is 17.0 Å². The highest BCUT2D eigenvalue weighted by molar-refractivity contribution is 5.88. The van der Waals surface area contributed by atoms with E-state index < -0.39 is 34.1 Å². The maximum absolute atomic E-state index is 14.0. The van der Waals surface area contributed by atoms with Crippen molar-refractivity contribution in [1.29, 1.82) is 0 Å². The molecule has 9 nitrogen and oxygen atoms in total. The number of nitrogens with one attached hydrogen (secondary N) is 3. The van der Waals surface area contributed by atoms with Crippen molar-refractivity contribution in [2.75, 3.05) is 10.7 Å². The molecule has 11 heteroatoms. The van der Waals surface area contributed by atoms with Crippen LogP contribution in [0.2, 0.25) is 0 Å². The van der Waals surface area contributed by atoms with Crippen LogP contribution >= 0.6 is 0 Å². The molecule has 1 heterocycles. The first-order valence-electron chi connectivity index (χ1n) is 10.3. The van der Waals surface area contributed by atoms with Crippen molar-refractivity contribution in [3.05, 3.63) is 118 Å². The Morgan fingerprint density at radius 2 is 1.49 bits per heavy atom. The zero-order valence-electron chi connectivity index (χ0n) is 18.0. The van der Waals surface area contributed by atoms with Crippen molar-refractivity contribution >= 4 is 28.9 Å². The third-order valence-electron chi connectivity index (χ3n) is 5.02. The van der Waals surface area contributed by atoms with E-state index in [0.29, 0.717) is 17.2 Å². The van der Waals surface area contributed by atoms with Gasteiger partial charge in [0.2, 0.25) is 17.5 Å². The number of amides is 1. The Labute approximate surface area is 198 Å². The number of rotatable bonds is 8. The molecule has 35 heavy (non-hydrogen) atoms. The van der Waals surface area contributed by atoms with Crippen molar-refractivity contribution in [2.45, 2.75) is 5.92 Å². The SMILES string of the molecule is O=C(NNc1ncnc(Nc2ccc(F)cc2F)c1[N+](=O)[O-])C(c1ccccc1)c1ccccc1. The smallest absolute Gasteiger partial charge is 0.332 e. The Bertz CT molecular complexity index is 1320. The minimum atomic E-state index is -0.964. The van der Waals surface area contributed by atoms with E-state index in [1.165, 1.54) is 0 Å². The predicted molar refractivity (Wildman–Crippen MR) is 125 cm³/mol. The van der Waals surface area contributed by atoms with E-state index in [0.717, 1.165) is 18.5 Å². The molecule has 0 atom stereocenters. The molecule has 3 N–H and O–H groups in total. The monoisotopic (exact) mass is 476 g/mol. The molecular formula is C24H18F2N6O3. The lowest BCUT2D eigenvalue weighted by atomic mass is 9.91. The molecule has 0 saturated heterocycles. The molecule has 176 valence electrons. The first-order valence-corrected chi connectivity index (χ1v) is 10.3. The molecule has 0 bridgehead atoms. The Kier molecular flexibility index (Phi) is 6.86. The van der Waals surface area contributed by atoms with Crippen LogP contribution in [-0.4, -0.2) is 20.8 Å². The lowest BCUT2D eigenvalue weighted by Crippen LogP contribution is -2.35. The van der Waals surface area contributed by atoms with E-state index in [-0.39, 0.29) is 17.3 Å². The van der Waals surface area contributed by atoms with E-state index >= 15 is 0 Å². The summed E-state index contributed by atoms with van der Waals surface area (Å²) in [6.45, 7) is 0. The first-order chi connectivity index (χ1) is 16.9. The zero-order valence-corrected chi connectivity index (χ0v) is 18.0. The molecular weight excluding hydrogens is 458 g/mol. The van der Waals surface area contributed by atoms with Crippen LogP contribution in [0.5, 0.6) is 0 Å². The normalized spacial score (nSPS) is 10.6. The third-order valence-corrected chi connectivity index (χ3v) is 5.02. The van der Waals surface area contributed by atoms with E-state index in [9.17, 15) is 23.7 Å². The van der Waals surface area contributed by atoms with Gasteiger partial charge < -0.3 is 5.32 Å². The summed E-state index contributed by atoms with van der Waals surface area (Å²) >= 11 is 0. The number of carbonyl (C=O) groups excluding carboxylic acids is 1. The fraction of sp³-hybridized carbons (Fsp3) is 0.0417. The van der Waals surface area contributed by atoms with Crippen LogP contribution < -0.4 is 16.2 Å². The molecule has 0 fully saturated rings. The fourth-order valence-electron chi connectivity index (χ4n) is 3.43. The van der Waals surface area contributed by atoms with Crippen LogP contribution in [0, 0.1) is 21.7 Å². The van der Waals surface area contributed by atoms with Gasteiger partial charge in [-0.2, -0.15) is 0 Å². The second-order valence-corrected chi connectivity index (χ2v) is 7.29. The number of hydrogen-bond donors (Lipinski definition) is 3. The topological polar surface area (TPSA) is 122 Å². The van der Waals surface area contributed by atoms with Crippen LogP contribution in [0.4, 0.5) is 31.8 Å². The van der Waals surface area contributed by atoms with Gasteiger partial charge in [0.1, 0.15) is 18.0 Å². The molecule has 0 saturated carbocycles. The summed E-state index contributed by atoms with van der Waals surface area (Å²) in [6.07, 6.45) is 0.997. The molecule has 1 aromatic heterocycles. The zero-order chi connectivity index (χ0) is 24.8. The average molecular weight is 476 g/mol. The second kappa shape index (κ2) is 10.3. The summed E-state index contributed by atoms with van der Waals surface area (Å²) in [4.78, 5) is 31.8. The highest BCUT2D eigenvalue weighted by Crippen LogP contribution is 2.32. The van der Waals surface area contributed by atoms with Gasteiger partial charge in [0.15, 0.2) is 0 Å². The summed E-state index contributed by atoms with van der Waals surface area (Å²) in [6, 6.07) is 20.7. The molecule has 0 radical (unpaired) electrons. The summed E-state index contributed by atoms with van der Waals surface area (Å²) in [5, 5.41) is 14.2. The minimum absolute atomic E-state index is 0.226. The lowest BCUT2D eigenvalue weighted by Gasteiger charge is -2.18. The molecule has 0 unspecified atom stereocenters. The number of nitro groups is 1. The summed E-state index contributed by atoms with van der Waals surface area (Å²) in [5.41, 5.74) is 5.50. The van der Waals surface area contributed by atoms with Gasteiger partial charge in [-0.25, -0.2) is 18.7 Å². The molecule has 0 aliphatic carbocycles. The predicted octanol–water partition coefficient (Wildman–Crippen LogP) is 4.68. The van der Waals surface area contributed by atoms with Crippen LogP contribution in [0.15, 0.2) is 85.2 Å². The van der Waals surface area contributed by atoms with Crippen LogP contribution in [0.25, 0.3) is 0 Å². The van der Waals surface area contributed by atoms with Crippen LogP contribution in [0.3, 0.4) is 0 Å². The molecule has 0 aliphatic heterocycles. The number of hydrogen-bond acceptors (Lipinski definition) is 7. The largest absolute Gasteiger partial charge is 0.355 e. The third kappa shape index (κ3) is 5.36. The number of benzene rings is 3. The van der Waals surface area contributed by atoms with Crippen molar-refractivity contribution in [1.82, 2.24) is 15.4 Å². The van der Waals surface area contributed by atoms with Gasteiger partial charge in [0.05, 0.1) is 16.5 Å². The number of carbonyl (C=O) groups is 1. The first kappa shape index (κ1) is 23.2. The van der Waals surface area contributed by atoms with Gasteiger partial charge >= 0.3 is 5.69 Å². The molecule has 4 rings (SSSR count). The van der Waals surface area contributed by atoms with Crippen LogP contribution in [-0.2, 0) is 4.79 Å². The molecule has 0 spiro atoms.